The highest BCUT2D eigenvalue weighted by atomic mass is 15.1. The molecule has 17 heavy (non-hydrogen) atoms. The lowest BCUT2D eigenvalue weighted by Crippen LogP contribution is -2.13. The number of imidazole rings is 1. The Labute approximate surface area is 103 Å². The second-order valence-corrected chi connectivity index (χ2v) is 4.37. The van der Waals surface area contributed by atoms with E-state index in [1.54, 1.807) is 0 Å². The molecule has 2 rings (SSSR count). The number of rotatable bonds is 4. The van der Waals surface area contributed by atoms with Crippen LogP contribution in [0.25, 0.3) is 0 Å². The molecule has 0 spiro atoms. The summed E-state index contributed by atoms with van der Waals surface area (Å²) in [5.41, 5.74) is 4.08. The third-order valence-corrected chi connectivity index (χ3v) is 3.11. The number of hydrogen-bond donors (Lipinski definition) is 1. The van der Waals surface area contributed by atoms with Crippen LogP contribution in [-0.2, 0) is 13.1 Å². The van der Waals surface area contributed by atoms with Gasteiger partial charge in [-0.25, -0.2) is 4.98 Å². The summed E-state index contributed by atoms with van der Waals surface area (Å²) in [5, 5.41) is 3.14. The van der Waals surface area contributed by atoms with Gasteiger partial charge >= 0.3 is 0 Å². The van der Waals surface area contributed by atoms with Crippen LogP contribution in [0, 0.1) is 13.8 Å². The van der Waals surface area contributed by atoms with Gasteiger partial charge in [0.15, 0.2) is 0 Å². The van der Waals surface area contributed by atoms with Crippen molar-refractivity contribution in [1.29, 1.82) is 0 Å². The van der Waals surface area contributed by atoms with Crippen LogP contribution in [0.5, 0.6) is 0 Å². The highest BCUT2D eigenvalue weighted by molar-refractivity contribution is 5.33. The van der Waals surface area contributed by atoms with Crippen molar-refractivity contribution in [3.8, 4) is 0 Å². The average Bonchev–Trinajstić information content (AvgIpc) is 2.72. The first-order valence-corrected chi connectivity index (χ1v) is 5.92. The first kappa shape index (κ1) is 11.9. The topological polar surface area (TPSA) is 29.9 Å². The molecule has 0 atom stereocenters. The zero-order chi connectivity index (χ0) is 12.3. The molecule has 90 valence electrons. The summed E-state index contributed by atoms with van der Waals surface area (Å²) in [5.74, 6) is 1.08. The van der Waals surface area contributed by atoms with Crippen molar-refractivity contribution in [2.75, 3.05) is 7.05 Å². The van der Waals surface area contributed by atoms with Crippen LogP contribution in [0.1, 0.15) is 22.5 Å². The highest BCUT2D eigenvalue weighted by Crippen LogP contribution is 2.15. The van der Waals surface area contributed by atoms with E-state index in [1.807, 2.05) is 19.4 Å². The second-order valence-electron chi connectivity index (χ2n) is 4.37. The molecule has 1 aromatic heterocycles. The molecular formula is C14H19N3. The summed E-state index contributed by atoms with van der Waals surface area (Å²) in [4.78, 5) is 4.36. The maximum absolute atomic E-state index is 4.36. The Morgan fingerprint density at radius 3 is 2.59 bits per heavy atom. The van der Waals surface area contributed by atoms with Crippen LogP contribution in [0.4, 0.5) is 0 Å². The number of benzene rings is 1. The van der Waals surface area contributed by atoms with Crippen LogP contribution in [-0.4, -0.2) is 16.6 Å². The minimum atomic E-state index is 0.804. The molecule has 3 nitrogen and oxygen atoms in total. The van der Waals surface area contributed by atoms with E-state index >= 15 is 0 Å². The van der Waals surface area contributed by atoms with E-state index in [4.69, 9.17) is 0 Å². The third kappa shape index (κ3) is 2.56. The van der Waals surface area contributed by atoms with E-state index < -0.39 is 0 Å². The minimum Gasteiger partial charge on any atom is -0.329 e. The van der Waals surface area contributed by atoms with E-state index in [-0.39, 0.29) is 0 Å². The average molecular weight is 229 g/mol. The fraction of sp³-hybridized carbons (Fsp3) is 0.357. The fourth-order valence-corrected chi connectivity index (χ4v) is 2.08. The molecule has 2 aromatic rings. The Bertz CT molecular complexity index is 480. The normalized spacial score (nSPS) is 10.8. The van der Waals surface area contributed by atoms with E-state index in [0.29, 0.717) is 0 Å². The molecule has 1 aromatic carbocycles. The van der Waals surface area contributed by atoms with Crippen molar-refractivity contribution in [2.45, 2.75) is 26.9 Å². The standard InChI is InChI=1S/C14H19N3/c1-11-5-4-6-12(2)13(11)10-17-8-7-16-14(17)9-15-3/h4-8,15H,9-10H2,1-3H3. The Kier molecular flexibility index (Phi) is 3.59. The van der Waals surface area contributed by atoms with Crippen LogP contribution in [0.2, 0.25) is 0 Å². The van der Waals surface area contributed by atoms with Crippen molar-refractivity contribution in [3.05, 3.63) is 53.1 Å². The van der Waals surface area contributed by atoms with Gasteiger partial charge in [0.25, 0.3) is 0 Å². The Morgan fingerprint density at radius 2 is 1.94 bits per heavy atom. The van der Waals surface area contributed by atoms with Gasteiger partial charge in [-0.15, -0.1) is 0 Å². The van der Waals surface area contributed by atoms with Gasteiger partial charge in [-0.3, -0.25) is 0 Å². The van der Waals surface area contributed by atoms with Gasteiger partial charge in [-0.05, 0) is 37.6 Å². The van der Waals surface area contributed by atoms with Crippen LogP contribution >= 0.6 is 0 Å². The van der Waals surface area contributed by atoms with E-state index in [1.165, 1.54) is 16.7 Å². The molecule has 0 saturated carbocycles. The van der Waals surface area contributed by atoms with Gasteiger partial charge in [0.1, 0.15) is 5.82 Å². The van der Waals surface area contributed by atoms with Crippen molar-refractivity contribution in [3.63, 3.8) is 0 Å². The molecule has 0 radical (unpaired) electrons. The lowest BCUT2D eigenvalue weighted by Gasteiger charge is -2.12. The number of nitrogens with zero attached hydrogens (tertiary/aromatic N) is 2. The lowest BCUT2D eigenvalue weighted by molar-refractivity contribution is 0.670. The van der Waals surface area contributed by atoms with Crippen molar-refractivity contribution >= 4 is 0 Å². The maximum Gasteiger partial charge on any atom is 0.122 e. The van der Waals surface area contributed by atoms with Crippen molar-refractivity contribution < 1.29 is 0 Å². The summed E-state index contributed by atoms with van der Waals surface area (Å²) in [6.45, 7) is 6.03. The summed E-state index contributed by atoms with van der Waals surface area (Å²) >= 11 is 0. The molecule has 0 aliphatic carbocycles. The van der Waals surface area contributed by atoms with Crippen LogP contribution in [0.3, 0.4) is 0 Å². The zero-order valence-corrected chi connectivity index (χ0v) is 10.7. The minimum absolute atomic E-state index is 0.804. The highest BCUT2D eigenvalue weighted by Gasteiger charge is 2.06. The second kappa shape index (κ2) is 5.15. The molecule has 1 N–H and O–H groups in total. The molecule has 0 aliphatic heterocycles. The van der Waals surface area contributed by atoms with Gasteiger partial charge in [-0.2, -0.15) is 0 Å². The van der Waals surface area contributed by atoms with Crippen molar-refractivity contribution in [1.82, 2.24) is 14.9 Å². The molecule has 0 unspecified atom stereocenters. The molecule has 1 heterocycles. The Balaban J connectivity index is 2.28. The molecule has 0 bridgehead atoms. The van der Waals surface area contributed by atoms with Gasteiger partial charge in [0, 0.05) is 18.9 Å². The molecule has 0 amide bonds. The number of nitrogens with one attached hydrogen (secondary N) is 1. The largest absolute Gasteiger partial charge is 0.329 e. The molecule has 0 fully saturated rings. The molecule has 3 heteroatoms. The summed E-state index contributed by atoms with van der Waals surface area (Å²) < 4.78 is 2.20. The third-order valence-electron chi connectivity index (χ3n) is 3.11. The predicted octanol–water partition coefficient (Wildman–Crippen LogP) is 2.27. The van der Waals surface area contributed by atoms with E-state index in [0.717, 1.165) is 18.9 Å². The van der Waals surface area contributed by atoms with Gasteiger partial charge in [0.05, 0.1) is 6.54 Å². The Morgan fingerprint density at radius 1 is 1.24 bits per heavy atom. The zero-order valence-electron chi connectivity index (χ0n) is 10.7. The van der Waals surface area contributed by atoms with E-state index in [2.05, 4.69) is 46.9 Å². The summed E-state index contributed by atoms with van der Waals surface area (Å²) in [7, 11) is 1.94. The molecular weight excluding hydrogens is 210 g/mol. The van der Waals surface area contributed by atoms with E-state index in [9.17, 15) is 0 Å². The van der Waals surface area contributed by atoms with Crippen molar-refractivity contribution in [2.24, 2.45) is 0 Å². The quantitative estimate of drug-likeness (QED) is 0.871. The molecule has 0 aliphatic rings. The monoisotopic (exact) mass is 229 g/mol. The number of aryl methyl sites for hydroxylation is 2. The SMILES string of the molecule is CNCc1nccn1Cc1c(C)cccc1C. The fourth-order valence-electron chi connectivity index (χ4n) is 2.08. The molecule has 0 saturated heterocycles. The first-order valence-electron chi connectivity index (χ1n) is 5.92. The first-order chi connectivity index (χ1) is 8.22. The van der Waals surface area contributed by atoms with Crippen LogP contribution < -0.4 is 5.32 Å². The van der Waals surface area contributed by atoms with Gasteiger partial charge < -0.3 is 9.88 Å². The summed E-state index contributed by atoms with van der Waals surface area (Å²) in [6.07, 6.45) is 3.90. The number of aromatic nitrogens is 2. The van der Waals surface area contributed by atoms with Gasteiger partial charge in [-0.1, -0.05) is 18.2 Å². The van der Waals surface area contributed by atoms with Gasteiger partial charge in [0.2, 0.25) is 0 Å². The Hall–Kier alpha value is -1.61. The lowest BCUT2D eigenvalue weighted by atomic mass is 10.0. The summed E-state index contributed by atoms with van der Waals surface area (Å²) in [6, 6.07) is 6.44. The number of hydrogen-bond acceptors (Lipinski definition) is 2. The maximum atomic E-state index is 4.36. The predicted molar refractivity (Wildman–Crippen MR) is 70.0 cm³/mol. The van der Waals surface area contributed by atoms with Crippen LogP contribution in [0.15, 0.2) is 30.6 Å². The smallest absolute Gasteiger partial charge is 0.122 e.